The minimum atomic E-state index is -0.549. The van der Waals surface area contributed by atoms with Crippen LogP contribution in [0.4, 0.5) is 0 Å². The predicted octanol–water partition coefficient (Wildman–Crippen LogP) is 1.70. The average Bonchev–Trinajstić information content (AvgIpc) is 2.71. The Hall–Kier alpha value is -2.25. The number of hydrogen-bond donors (Lipinski definition) is 3. The van der Waals surface area contributed by atoms with E-state index in [0.717, 1.165) is 43.4 Å². The third-order valence-corrected chi connectivity index (χ3v) is 5.25. The number of benzene rings is 1. The number of nitrogens with one attached hydrogen (secondary N) is 1. The summed E-state index contributed by atoms with van der Waals surface area (Å²) in [7, 11) is 0. The van der Waals surface area contributed by atoms with E-state index >= 15 is 0 Å². The van der Waals surface area contributed by atoms with Gasteiger partial charge in [-0.1, -0.05) is 24.3 Å². The standard InChI is InChI=1S/C20H29N5O2/c21-11-14-5-7-17(8-6-14)19(26)24-12-15-1-3-16(4-2-15)13-27-20-23-10-9-18(22)25-20/h1-4,10,14,17,20H,5-9,11-13,21H2,(H2,22,25)(H,24,26). The number of hydrogen-bond acceptors (Lipinski definition) is 6. The predicted molar refractivity (Wildman–Crippen MR) is 106 cm³/mol. The molecule has 5 N–H and O–H groups in total. The van der Waals surface area contributed by atoms with Crippen molar-refractivity contribution < 1.29 is 9.53 Å². The molecule has 0 spiro atoms. The summed E-state index contributed by atoms with van der Waals surface area (Å²) in [5, 5.41) is 3.06. The van der Waals surface area contributed by atoms with Crippen LogP contribution in [0.5, 0.6) is 0 Å². The van der Waals surface area contributed by atoms with E-state index in [-0.39, 0.29) is 11.8 Å². The lowest BCUT2D eigenvalue weighted by Crippen LogP contribution is -2.33. The van der Waals surface area contributed by atoms with Crippen molar-refractivity contribution in [2.45, 2.75) is 51.6 Å². The summed E-state index contributed by atoms with van der Waals surface area (Å²) in [6.45, 7) is 1.69. The Morgan fingerprint density at radius 2 is 1.85 bits per heavy atom. The van der Waals surface area contributed by atoms with Gasteiger partial charge in [-0.2, -0.15) is 0 Å². The van der Waals surface area contributed by atoms with Gasteiger partial charge in [0, 0.05) is 25.1 Å². The van der Waals surface area contributed by atoms with Gasteiger partial charge in [-0.05, 0) is 49.3 Å². The molecule has 1 unspecified atom stereocenters. The number of ether oxygens (including phenoxy) is 1. The van der Waals surface area contributed by atoms with Crippen LogP contribution in [0.3, 0.4) is 0 Å². The summed E-state index contributed by atoms with van der Waals surface area (Å²) >= 11 is 0. The molecule has 0 bridgehead atoms. The van der Waals surface area contributed by atoms with Crippen LogP contribution in [0, 0.1) is 11.8 Å². The average molecular weight is 371 g/mol. The quantitative estimate of drug-likeness (QED) is 0.676. The maximum Gasteiger partial charge on any atom is 0.247 e. The lowest BCUT2D eigenvalue weighted by molar-refractivity contribution is -0.126. The Balaban J connectivity index is 1.40. The fraction of sp³-hybridized carbons (Fsp3) is 0.550. The van der Waals surface area contributed by atoms with E-state index in [4.69, 9.17) is 16.2 Å². The van der Waals surface area contributed by atoms with Gasteiger partial charge >= 0.3 is 0 Å². The third kappa shape index (κ3) is 5.87. The topological polar surface area (TPSA) is 115 Å². The van der Waals surface area contributed by atoms with Gasteiger partial charge < -0.3 is 21.5 Å². The molecule has 27 heavy (non-hydrogen) atoms. The second-order valence-corrected chi connectivity index (χ2v) is 7.28. The molecule has 1 saturated carbocycles. The number of amides is 1. The van der Waals surface area contributed by atoms with Crippen molar-refractivity contribution in [3.63, 3.8) is 0 Å². The molecule has 1 aromatic carbocycles. The lowest BCUT2D eigenvalue weighted by atomic mass is 9.81. The van der Waals surface area contributed by atoms with Gasteiger partial charge in [0.1, 0.15) is 5.84 Å². The zero-order valence-electron chi connectivity index (χ0n) is 15.6. The van der Waals surface area contributed by atoms with Crippen LogP contribution >= 0.6 is 0 Å². The minimum Gasteiger partial charge on any atom is -0.387 e. The SMILES string of the molecule is NCC1CCC(C(=O)NCc2ccc(COC3N=CCC(N)=N3)cc2)CC1. The maximum atomic E-state index is 12.3. The van der Waals surface area contributed by atoms with Crippen LogP contribution in [0.1, 0.15) is 43.2 Å². The first-order chi connectivity index (χ1) is 13.1. The first-order valence-electron chi connectivity index (χ1n) is 9.65. The maximum absolute atomic E-state index is 12.3. The first-order valence-corrected chi connectivity index (χ1v) is 9.65. The van der Waals surface area contributed by atoms with Gasteiger partial charge in [0.05, 0.1) is 6.61 Å². The number of nitrogens with two attached hydrogens (primary N) is 2. The van der Waals surface area contributed by atoms with Crippen molar-refractivity contribution in [3.8, 4) is 0 Å². The zero-order chi connectivity index (χ0) is 19.1. The van der Waals surface area contributed by atoms with Gasteiger partial charge in [-0.15, -0.1) is 0 Å². The van der Waals surface area contributed by atoms with Gasteiger partial charge in [-0.3, -0.25) is 4.79 Å². The Bertz CT molecular complexity index is 678. The molecule has 0 saturated heterocycles. The van der Waals surface area contributed by atoms with Crippen LogP contribution in [0.25, 0.3) is 0 Å². The largest absolute Gasteiger partial charge is 0.387 e. The highest BCUT2D eigenvalue weighted by atomic mass is 16.5. The molecule has 1 amide bonds. The van der Waals surface area contributed by atoms with E-state index < -0.39 is 6.35 Å². The monoisotopic (exact) mass is 371 g/mol. The van der Waals surface area contributed by atoms with E-state index in [1.807, 2.05) is 24.3 Å². The minimum absolute atomic E-state index is 0.129. The molecule has 1 fully saturated rings. The van der Waals surface area contributed by atoms with Crippen LogP contribution in [0.2, 0.25) is 0 Å². The molecule has 3 rings (SSSR count). The Morgan fingerprint density at radius 3 is 2.52 bits per heavy atom. The van der Waals surface area contributed by atoms with Gasteiger partial charge in [0.25, 0.3) is 0 Å². The van der Waals surface area contributed by atoms with Gasteiger partial charge in [-0.25, -0.2) is 9.98 Å². The molecule has 1 aromatic rings. The lowest BCUT2D eigenvalue weighted by Gasteiger charge is -2.26. The number of carbonyl (C=O) groups is 1. The fourth-order valence-corrected chi connectivity index (χ4v) is 3.46. The highest BCUT2D eigenvalue weighted by molar-refractivity contribution is 5.93. The van der Waals surface area contributed by atoms with Crippen LogP contribution < -0.4 is 16.8 Å². The Morgan fingerprint density at radius 1 is 1.15 bits per heavy atom. The van der Waals surface area contributed by atoms with E-state index in [1.165, 1.54) is 0 Å². The van der Waals surface area contributed by atoms with Crippen molar-refractivity contribution in [1.29, 1.82) is 0 Å². The van der Waals surface area contributed by atoms with Crippen LogP contribution in [0.15, 0.2) is 34.3 Å². The van der Waals surface area contributed by atoms with Crippen molar-refractivity contribution in [3.05, 3.63) is 35.4 Å². The smallest absolute Gasteiger partial charge is 0.247 e. The molecule has 1 aliphatic carbocycles. The third-order valence-electron chi connectivity index (χ3n) is 5.25. The molecule has 1 atom stereocenters. The molecule has 1 aliphatic heterocycles. The molecule has 146 valence electrons. The van der Waals surface area contributed by atoms with Gasteiger partial charge in [0.15, 0.2) is 0 Å². The molecular formula is C20H29N5O2. The summed E-state index contributed by atoms with van der Waals surface area (Å²) in [6, 6.07) is 8.00. The fourth-order valence-electron chi connectivity index (χ4n) is 3.46. The summed E-state index contributed by atoms with van der Waals surface area (Å²) in [5.74, 6) is 1.41. The number of rotatable bonds is 7. The normalized spacial score (nSPS) is 25.1. The molecule has 2 aliphatic rings. The summed E-state index contributed by atoms with van der Waals surface area (Å²) in [4.78, 5) is 20.6. The highest BCUT2D eigenvalue weighted by Crippen LogP contribution is 2.28. The number of aliphatic imine (C=N–C) groups is 2. The molecule has 0 aromatic heterocycles. The second kappa shape index (κ2) is 9.62. The number of amidine groups is 1. The highest BCUT2D eigenvalue weighted by Gasteiger charge is 2.25. The zero-order valence-corrected chi connectivity index (χ0v) is 15.6. The molecular weight excluding hydrogens is 342 g/mol. The van der Waals surface area contributed by atoms with Gasteiger partial charge in [0.2, 0.25) is 12.3 Å². The summed E-state index contributed by atoms with van der Waals surface area (Å²) in [5.41, 5.74) is 13.5. The van der Waals surface area contributed by atoms with Crippen LogP contribution in [-0.2, 0) is 22.7 Å². The van der Waals surface area contributed by atoms with Crippen molar-refractivity contribution in [1.82, 2.24) is 5.32 Å². The van der Waals surface area contributed by atoms with E-state index in [1.54, 1.807) is 6.21 Å². The van der Waals surface area contributed by atoms with Crippen molar-refractivity contribution in [2.75, 3.05) is 6.54 Å². The Labute approximate surface area is 160 Å². The number of carbonyl (C=O) groups excluding carboxylic acids is 1. The molecule has 7 nitrogen and oxygen atoms in total. The van der Waals surface area contributed by atoms with Crippen molar-refractivity contribution >= 4 is 18.0 Å². The van der Waals surface area contributed by atoms with Crippen LogP contribution in [-0.4, -0.2) is 30.9 Å². The molecule has 0 radical (unpaired) electrons. The summed E-state index contributed by atoms with van der Waals surface area (Å²) < 4.78 is 5.63. The van der Waals surface area contributed by atoms with E-state index in [0.29, 0.717) is 31.3 Å². The first kappa shape index (κ1) is 19.5. The second-order valence-electron chi connectivity index (χ2n) is 7.28. The van der Waals surface area contributed by atoms with E-state index in [9.17, 15) is 4.79 Å². The Kier molecular flexibility index (Phi) is 6.95. The van der Waals surface area contributed by atoms with E-state index in [2.05, 4.69) is 15.3 Å². The number of nitrogens with zero attached hydrogens (tertiary/aromatic N) is 2. The molecule has 7 heteroatoms. The summed E-state index contributed by atoms with van der Waals surface area (Å²) in [6.07, 6.45) is 5.76. The van der Waals surface area contributed by atoms with Crippen molar-refractivity contribution in [2.24, 2.45) is 33.3 Å². The molecule has 1 heterocycles.